The maximum Gasteiger partial charge on any atom is 0.246 e. The fourth-order valence-corrected chi connectivity index (χ4v) is 4.54. The Bertz CT molecular complexity index is 1040. The number of piperazine rings is 1. The molecule has 4 rings (SSSR count). The van der Waals surface area contributed by atoms with Crippen LogP contribution in [0.1, 0.15) is 11.1 Å². The molecule has 2 aliphatic rings. The van der Waals surface area contributed by atoms with Crippen molar-refractivity contribution in [1.82, 2.24) is 19.8 Å². The zero-order valence-corrected chi connectivity index (χ0v) is 19.1. The average molecular weight is 452 g/mol. The quantitative estimate of drug-likeness (QED) is 0.657. The van der Waals surface area contributed by atoms with Crippen molar-refractivity contribution in [2.45, 2.75) is 25.2 Å². The zero-order chi connectivity index (χ0) is 23.7. The first-order valence-corrected chi connectivity index (χ1v) is 10.9. The number of phenolic OH excluding ortho intramolecular Hbond substituents is 1. The first-order chi connectivity index (χ1) is 15.8. The van der Waals surface area contributed by atoms with Crippen LogP contribution < -0.4 is 4.90 Å². The number of likely N-dealkylation sites (N-methyl/N-ethyl adjacent to an activating group) is 1. The molecule has 0 saturated carbocycles. The minimum atomic E-state index is -0.742. The SMILES string of the molecule is CN(C)c1cccc(CN2CC3N(C(=O)CN(C)N3C=O)[C@@H](Cc3ccc(O)cc3)C2=O)c1. The van der Waals surface area contributed by atoms with E-state index in [1.165, 1.54) is 5.01 Å². The van der Waals surface area contributed by atoms with Crippen molar-refractivity contribution in [2.75, 3.05) is 39.1 Å². The number of anilines is 1. The number of amides is 3. The minimum absolute atomic E-state index is 0.0273. The topological polar surface area (TPSA) is 87.6 Å². The Labute approximate surface area is 193 Å². The van der Waals surface area contributed by atoms with Crippen LogP contribution >= 0.6 is 0 Å². The van der Waals surface area contributed by atoms with E-state index in [1.807, 2.05) is 43.3 Å². The van der Waals surface area contributed by atoms with Gasteiger partial charge in [0.1, 0.15) is 18.0 Å². The molecule has 2 aliphatic heterocycles. The summed E-state index contributed by atoms with van der Waals surface area (Å²) in [6.07, 6.45) is 0.430. The van der Waals surface area contributed by atoms with Crippen molar-refractivity contribution in [3.05, 3.63) is 59.7 Å². The number of fused-ring (bicyclic) bond motifs is 1. The molecule has 0 aliphatic carbocycles. The van der Waals surface area contributed by atoms with Gasteiger partial charge < -0.3 is 19.8 Å². The van der Waals surface area contributed by atoms with Crippen molar-refractivity contribution in [1.29, 1.82) is 0 Å². The van der Waals surface area contributed by atoms with Crippen molar-refractivity contribution in [2.24, 2.45) is 0 Å². The molecule has 1 unspecified atom stereocenters. The molecule has 2 saturated heterocycles. The minimum Gasteiger partial charge on any atom is -0.508 e. The fraction of sp³-hybridized carbons (Fsp3) is 0.375. The van der Waals surface area contributed by atoms with Gasteiger partial charge in [0.25, 0.3) is 0 Å². The highest BCUT2D eigenvalue weighted by Gasteiger charge is 2.48. The van der Waals surface area contributed by atoms with E-state index in [0.717, 1.165) is 16.8 Å². The Morgan fingerprint density at radius 1 is 1.09 bits per heavy atom. The summed E-state index contributed by atoms with van der Waals surface area (Å²) in [5.41, 5.74) is 2.83. The molecule has 2 heterocycles. The monoisotopic (exact) mass is 451 g/mol. The van der Waals surface area contributed by atoms with Crippen LogP contribution in [0.4, 0.5) is 5.69 Å². The van der Waals surface area contributed by atoms with Crippen molar-refractivity contribution >= 4 is 23.9 Å². The van der Waals surface area contributed by atoms with Gasteiger partial charge in [0.05, 0.1) is 13.1 Å². The van der Waals surface area contributed by atoms with Gasteiger partial charge in [-0.15, -0.1) is 0 Å². The van der Waals surface area contributed by atoms with Crippen LogP contribution in [0.3, 0.4) is 0 Å². The number of carbonyl (C=O) groups is 3. The number of hydrogen-bond acceptors (Lipinski definition) is 6. The molecule has 2 aromatic carbocycles. The van der Waals surface area contributed by atoms with Crippen molar-refractivity contribution < 1.29 is 19.5 Å². The predicted molar refractivity (Wildman–Crippen MR) is 123 cm³/mol. The van der Waals surface area contributed by atoms with E-state index in [-0.39, 0.29) is 30.7 Å². The van der Waals surface area contributed by atoms with E-state index in [2.05, 4.69) is 0 Å². The average Bonchev–Trinajstić information content (AvgIpc) is 2.78. The number of benzene rings is 2. The highest BCUT2D eigenvalue weighted by molar-refractivity contribution is 5.91. The second kappa shape index (κ2) is 9.11. The number of nitrogens with zero attached hydrogens (tertiary/aromatic N) is 5. The van der Waals surface area contributed by atoms with Crippen LogP contribution in [0.15, 0.2) is 48.5 Å². The number of phenols is 1. The molecule has 0 radical (unpaired) electrons. The Kier molecular flexibility index (Phi) is 6.24. The molecule has 1 N–H and O–H groups in total. The molecular weight excluding hydrogens is 422 g/mol. The fourth-order valence-electron chi connectivity index (χ4n) is 4.54. The van der Waals surface area contributed by atoms with Gasteiger partial charge in [-0.05, 0) is 35.4 Å². The van der Waals surface area contributed by atoms with Gasteiger partial charge in [-0.1, -0.05) is 24.3 Å². The van der Waals surface area contributed by atoms with Crippen LogP contribution in [0.2, 0.25) is 0 Å². The number of aromatic hydroxyl groups is 1. The molecule has 9 heteroatoms. The molecule has 2 fully saturated rings. The van der Waals surface area contributed by atoms with E-state index >= 15 is 0 Å². The Morgan fingerprint density at radius 2 is 1.82 bits per heavy atom. The smallest absolute Gasteiger partial charge is 0.246 e. The first-order valence-electron chi connectivity index (χ1n) is 10.9. The highest BCUT2D eigenvalue weighted by Crippen LogP contribution is 2.28. The highest BCUT2D eigenvalue weighted by atomic mass is 16.3. The van der Waals surface area contributed by atoms with E-state index in [1.54, 1.807) is 46.1 Å². The molecule has 33 heavy (non-hydrogen) atoms. The lowest BCUT2D eigenvalue weighted by molar-refractivity contribution is -0.196. The maximum atomic E-state index is 13.6. The third-order valence-corrected chi connectivity index (χ3v) is 6.26. The lowest BCUT2D eigenvalue weighted by Gasteiger charge is -2.53. The summed E-state index contributed by atoms with van der Waals surface area (Å²) in [6.45, 7) is 0.632. The van der Waals surface area contributed by atoms with Gasteiger partial charge in [0.15, 0.2) is 0 Å². The van der Waals surface area contributed by atoms with E-state index < -0.39 is 12.2 Å². The summed E-state index contributed by atoms with van der Waals surface area (Å²) in [4.78, 5) is 43.8. The second-order valence-electron chi connectivity index (χ2n) is 8.75. The Balaban J connectivity index is 1.67. The lowest BCUT2D eigenvalue weighted by Crippen LogP contribution is -2.74. The largest absolute Gasteiger partial charge is 0.508 e. The third kappa shape index (κ3) is 4.49. The predicted octanol–water partition coefficient (Wildman–Crippen LogP) is 0.885. The summed E-state index contributed by atoms with van der Waals surface area (Å²) >= 11 is 0. The molecule has 3 amide bonds. The summed E-state index contributed by atoms with van der Waals surface area (Å²) in [6, 6.07) is 13.8. The van der Waals surface area contributed by atoms with Crippen LogP contribution in [-0.4, -0.2) is 89.6 Å². The summed E-state index contributed by atoms with van der Waals surface area (Å²) in [5.74, 6) is -0.206. The van der Waals surface area contributed by atoms with Crippen molar-refractivity contribution in [3.8, 4) is 5.75 Å². The van der Waals surface area contributed by atoms with Gasteiger partial charge in [0.2, 0.25) is 18.2 Å². The molecule has 0 spiro atoms. The van der Waals surface area contributed by atoms with Gasteiger partial charge >= 0.3 is 0 Å². The Morgan fingerprint density at radius 3 is 2.48 bits per heavy atom. The second-order valence-corrected chi connectivity index (χ2v) is 8.75. The molecule has 9 nitrogen and oxygen atoms in total. The third-order valence-electron chi connectivity index (χ3n) is 6.26. The van der Waals surface area contributed by atoms with Crippen LogP contribution in [0.25, 0.3) is 0 Å². The van der Waals surface area contributed by atoms with Gasteiger partial charge in [-0.3, -0.25) is 19.4 Å². The normalized spacial score (nSPS) is 21.2. The van der Waals surface area contributed by atoms with E-state index in [0.29, 0.717) is 19.4 Å². The van der Waals surface area contributed by atoms with Gasteiger partial charge in [-0.2, -0.15) is 0 Å². The Hall–Kier alpha value is -3.59. The van der Waals surface area contributed by atoms with Crippen LogP contribution in [-0.2, 0) is 27.3 Å². The molecule has 174 valence electrons. The molecule has 0 aromatic heterocycles. The molecule has 0 bridgehead atoms. The summed E-state index contributed by atoms with van der Waals surface area (Å²) in [7, 11) is 5.62. The number of carbonyl (C=O) groups excluding carboxylic acids is 3. The maximum absolute atomic E-state index is 13.6. The van der Waals surface area contributed by atoms with Gasteiger partial charge in [0, 0.05) is 39.8 Å². The number of hydrazine groups is 1. The summed E-state index contributed by atoms with van der Waals surface area (Å²) in [5, 5.41) is 12.7. The number of rotatable bonds is 6. The molecule has 2 aromatic rings. The summed E-state index contributed by atoms with van der Waals surface area (Å²) < 4.78 is 0. The lowest BCUT2D eigenvalue weighted by atomic mass is 9.98. The van der Waals surface area contributed by atoms with Gasteiger partial charge in [-0.25, -0.2) is 5.01 Å². The molecular formula is C24H29N5O4. The number of hydrogen-bond donors (Lipinski definition) is 1. The van der Waals surface area contributed by atoms with Crippen LogP contribution in [0, 0.1) is 0 Å². The van der Waals surface area contributed by atoms with Crippen LogP contribution in [0.5, 0.6) is 5.75 Å². The molecule has 2 atom stereocenters. The zero-order valence-electron chi connectivity index (χ0n) is 19.1. The van der Waals surface area contributed by atoms with E-state index in [9.17, 15) is 19.5 Å². The van der Waals surface area contributed by atoms with E-state index in [4.69, 9.17) is 0 Å². The standard InChI is InChI=1S/C24H29N5O4/c1-25(2)19-6-4-5-18(11-19)13-27-14-22-28(16-30)26(3)15-23(32)29(22)21(24(27)33)12-17-7-9-20(31)10-8-17/h4-11,16,21-22,31H,12-15H2,1-3H3/t21-,22?/m0/s1. The van der Waals surface area contributed by atoms with Crippen molar-refractivity contribution in [3.63, 3.8) is 0 Å². The first kappa shape index (κ1) is 22.6.